The fourth-order valence-corrected chi connectivity index (χ4v) is 5.10. The summed E-state index contributed by atoms with van der Waals surface area (Å²) in [5, 5.41) is 1.49. The van der Waals surface area contributed by atoms with Gasteiger partial charge in [-0.3, -0.25) is 4.90 Å². The van der Waals surface area contributed by atoms with Gasteiger partial charge in [0.2, 0.25) is 0 Å². The van der Waals surface area contributed by atoms with E-state index in [1.165, 1.54) is 43.9 Å². The first kappa shape index (κ1) is 19.7. The first-order valence-corrected chi connectivity index (χ1v) is 10.0. The van der Waals surface area contributed by atoms with Crippen LogP contribution in [0.5, 0.6) is 0 Å². The highest BCUT2D eigenvalue weighted by Crippen LogP contribution is 2.30. The number of nitrogens with zero attached hydrogens (tertiary/aromatic N) is 1. The van der Waals surface area contributed by atoms with Gasteiger partial charge in [-0.15, -0.1) is 24.2 Å². The SMILES string of the molecule is Cl.Clc1cccc(Cl)c1CCOC1CCCC[C@H]1N1CCSC1. The maximum absolute atomic E-state index is 6.25. The lowest BCUT2D eigenvalue weighted by Crippen LogP contribution is -2.45. The summed E-state index contributed by atoms with van der Waals surface area (Å²) in [4.78, 5) is 2.61. The summed E-state index contributed by atoms with van der Waals surface area (Å²) in [5.74, 6) is 2.43. The average molecular weight is 397 g/mol. The lowest BCUT2D eigenvalue weighted by molar-refractivity contribution is -0.0270. The molecule has 1 aliphatic heterocycles. The smallest absolute Gasteiger partial charge is 0.0730 e. The zero-order valence-corrected chi connectivity index (χ0v) is 16.3. The Hall–Kier alpha value is 0.360. The number of benzene rings is 1. The Bertz CT molecular complexity index is 476. The van der Waals surface area contributed by atoms with Gasteiger partial charge in [-0.25, -0.2) is 0 Å². The van der Waals surface area contributed by atoms with Gasteiger partial charge >= 0.3 is 0 Å². The van der Waals surface area contributed by atoms with Gasteiger partial charge in [0.05, 0.1) is 12.7 Å². The first-order chi connectivity index (χ1) is 10.8. The second-order valence-corrected chi connectivity index (χ2v) is 7.95. The summed E-state index contributed by atoms with van der Waals surface area (Å²) < 4.78 is 6.25. The van der Waals surface area contributed by atoms with Crippen molar-refractivity contribution < 1.29 is 4.74 Å². The van der Waals surface area contributed by atoms with Crippen LogP contribution in [0, 0.1) is 0 Å². The van der Waals surface area contributed by atoms with Crippen LogP contribution in [-0.2, 0) is 11.2 Å². The van der Waals surface area contributed by atoms with Crippen molar-refractivity contribution in [1.82, 2.24) is 4.90 Å². The van der Waals surface area contributed by atoms with Crippen LogP contribution in [0.1, 0.15) is 31.2 Å². The zero-order valence-electron chi connectivity index (χ0n) is 13.2. The standard InChI is InChI=1S/C17H23Cl2NOS.ClH/c18-14-4-3-5-15(19)13(14)8-10-21-17-7-2-1-6-16(17)20-9-11-22-12-20;/h3-5,16-17H,1-2,6-12H2;1H/t16-,17?;/m1./s1. The van der Waals surface area contributed by atoms with Gasteiger partial charge in [0.1, 0.15) is 0 Å². The summed E-state index contributed by atoms with van der Waals surface area (Å²) in [6.07, 6.45) is 6.24. The molecule has 1 saturated heterocycles. The van der Waals surface area contributed by atoms with Crippen molar-refractivity contribution in [2.24, 2.45) is 0 Å². The Labute approximate surface area is 159 Å². The van der Waals surface area contributed by atoms with Crippen LogP contribution in [0.15, 0.2) is 18.2 Å². The molecule has 1 aromatic carbocycles. The van der Waals surface area contributed by atoms with Gasteiger partial charge in [-0.05, 0) is 37.0 Å². The second-order valence-electron chi connectivity index (χ2n) is 6.06. The molecular formula is C17H24Cl3NOS. The third kappa shape index (κ3) is 5.17. The van der Waals surface area contributed by atoms with Crippen molar-refractivity contribution in [3.05, 3.63) is 33.8 Å². The third-order valence-electron chi connectivity index (χ3n) is 4.66. The number of rotatable bonds is 5. The highest BCUT2D eigenvalue weighted by molar-refractivity contribution is 7.99. The second kappa shape index (κ2) is 9.74. The summed E-state index contributed by atoms with van der Waals surface area (Å²) >= 11 is 14.5. The van der Waals surface area contributed by atoms with Crippen LogP contribution in [0.3, 0.4) is 0 Å². The van der Waals surface area contributed by atoms with Crippen LogP contribution in [0.25, 0.3) is 0 Å². The molecule has 1 aromatic rings. The normalized spacial score (nSPS) is 25.3. The minimum Gasteiger partial charge on any atom is -0.376 e. The lowest BCUT2D eigenvalue weighted by Gasteiger charge is -2.37. The minimum atomic E-state index is 0. The van der Waals surface area contributed by atoms with E-state index in [2.05, 4.69) is 4.90 Å². The van der Waals surface area contributed by atoms with Crippen LogP contribution in [0.2, 0.25) is 10.0 Å². The van der Waals surface area contributed by atoms with E-state index in [1.54, 1.807) is 0 Å². The fraction of sp³-hybridized carbons (Fsp3) is 0.647. The molecule has 0 amide bonds. The molecule has 1 saturated carbocycles. The van der Waals surface area contributed by atoms with Crippen molar-refractivity contribution in [3.63, 3.8) is 0 Å². The van der Waals surface area contributed by atoms with Gasteiger partial charge in [0.15, 0.2) is 0 Å². The monoisotopic (exact) mass is 395 g/mol. The molecule has 3 rings (SSSR count). The molecule has 0 radical (unpaired) electrons. The number of ether oxygens (including phenoxy) is 1. The minimum absolute atomic E-state index is 0. The molecule has 2 nitrogen and oxygen atoms in total. The van der Waals surface area contributed by atoms with E-state index in [4.69, 9.17) is 27.9 Å². The predicted molar refractivity (Wildman–Crippen MR) is 103 cm³/mol. The number of hydrogen-bond acceptors (Lipinski definition) is 3. The molecule has 6 heteroatoms. The number of thioether (sulfide) groups is 1. The molecular weight excluding hydrogens is 373 g/mol. The summed E-state index contributed by atoms with van der Waals surface area (Å²) in [6, 6.07) is 6.28. The molecule has 1 unspecified atom stereocenters. The number of hydrogen-bond donors (Lipinski definition) is 0. The molecule has 2 atom stereocenters. The van der Waals surface area contributed by atoms with E-state index in [-0.39, 0.29) is 12.4 Å². The molecule has 130 valence electrons. The van der Waals surface area contributed by atoms with E-state index in [9.17, 15) is 0 Å². The molecule has 0 bridgehead atoms. The van der Waals surface area contributed by atoms with Crippen molar-refractivity contribution in [1.29, 1.82) is 0 Å². The van der Waals surface area contributed by atoms with Crippen LogP contribution in [0.4, 0.5) is 0 Å². The van der Waals surface area contributed by atoms with Crippen molar-refractivity contribution in [2.75, 3.05) is 24.8 Å². The van der Waals surface area contributed by atoms with Gasteiger partial charge in [0, 0.05) is 34.3 Å². The Kier molecular flexibility index (Phi) is 8.34. The molecule has 1 heterocycles. The average Bonchev–Trinajstić information content (AvgIpc) is 3.05. The zero-order chi connectivity index (χ0) is 15.4. The molecule has 0 aromatic heterocycles. The van der Waals surface area contributed by atoms with Crippen LogP contribution >= 0.6 is 47.4 Å². The molecule has 1 aliphatic carbocycles. The van der Waals surface area contributed by atoms with Crippen molar-refractivity contribution in [2.45, 2.75) is 44.2 Å². The third-order valence-corrected chi connectivity index (χ3v) is 6.36. The lowest BCUT2D eigenvalue weighted by atomic mass is 9.91. The largest absolute Gasteiger partial charge is 0.376 e. The maximum Gasteiger partial charge on any atom is 0.0730 e. The van der Waals surface area contributed by atoms with E-state index in [0.717, 1.165) is 22.0 Å². The van der Waals surface area contributed by atoms with Crippen LogP contribution in [-0.4, -0.2) is 41.8 Å². The van der Waals surface area contributed by atoms with Gasteiger partial charge in [0.25, 0.3) is 0 Å². The molecule has 23 heavy (non-hydrogen) atoms. The Morgan fingerprint density at radius 1 is 1.17 bits per heavy atom. The summed E-state index contributed by atoms with van der Waals surface area (Å²) in [7, 11) is 0. The Morgan fingerprint density at radius 3 is 2.61 bits per heavy atom. The fourth-order valence-electron chi connectivity index (χ4n) is 3.46. The van der Waals surface area contributed by atoms with E-state index in [0.29, 0.717) is 18.8 Å². The first-order valence-electron chi connectivity index (χ1n) is 8.12. The molecule has 0 spiro atoms. The molecule has 0 N–H and O–H groups in total. The van der Waals surface area contributed by atoms with Crippen molar-refractivity contribution in [3.8, 4) is 0 Å². The Balaban J connectivity index is 0.00000192. The highest BCUT2D eigenvalue weighted by Gasteiger charge is 2.32. The molecule has 2 fully saturated rings. The van der Waals surface area contributed by atoms with Crippen LogP contribution < -0.4 is 0 Å². The highest BCUT2D eigenvalue weighted by atomic mass is 35.5. The topological polar surface area (TPSA) is 12.5 Å². The van der Waals surface area contributed by atoms with E-state index < -0.39 is 0 Å². The quantitative estimate of drug-likeness (QED) is 0.671. The van der Waals surface area contributed by atoms with Crippen molar-refractivity contribution >= 4 is 47.4 Å². The van der Waals surface area contributed by atoms with E-state index in [1.807, 2.05) is 30.0 Å². The van der Waals surface area contributed by atoms with E-state index >= 15 is 0 Å². The summed E-state index contributed by atoms with van der Waals surface area (Å²) in [6.45, 7) is 1.91. The van der Waals surface area contributed by atoms with Gasteiger partial charge < -0.3 is 4.74 Å². The number of halogens is 3. The summed E-state index contributed by atoms with van der Waals surface area (Å²) in [5.41, 5.74) is 1.01. The Morgan fingerprint density at radius 2 is 1.91 bits per heavy atom. The van der Waals surface area contributed by atoms with Gasteiger partial charge in [-0.2, -0.15) is 0 Å². The predicted octanol–water partition coefficient (Wildman–Crippen LogP) is 5.29. The maximum atomic E-state index is 6.25. The molecule has 2 aliphatic rings. The van der Waals surface area contributed by atoms with Gasteiger partial charge in [-0.1, -0.05) is 42.1 Å².